The molecular weight excluding hydrogens is 739 g/mol. The van der Waals surface area contributed by atoms with Crippen molar-refractivity contribution in [3.05, 3.63) is 149 Å². The molecule has 4 aliphatic heterocycles. The number of para-hydroxylation sites is 1. The van der Waals surface area contributed by atoms with Gasteiger partial charge in [-0.25, -0.2) is 0 Å². The van der Waals surface area contributed by atoms with Crippen LogP contribution in [0.1, 0.15) is 55.5 Å². The maximum Gasteiger partial charge on any atom is 0.252 e. The van der Waals surface area contributed by atoms with Crippen LogP contribution < -0.4 is 45.1 Å². The molecule has 6 nitrogen and oxygen atoms in total. The van der Waals surface area contributed by atoms with E-state index >= 15 is 0 Å². The number of anilines is 6. The summed E-state index contributed by atoms with van der Waals surface area (Å²) in [5, 5.41) is 0. The zero-order valence-corrected chi connectivity index (χ0v) is 34.5. The van der Waals surface area contributed by atoms with Crippen molar-refractivity contribution in [2.75, 3.05) is 36.2 Å². The van der Waals surface area contributed by atoms with E-state index in [1.807, 2.05) is 6.07 Å². The van der Waals surface area contributed by atoms with Gasteiger partial charge in [-0.05, 0) is 122 Å². The molecular formula is C53H43BN2O4. The fraction of sp³-hybridized carbons (Fsp3) is 0.208. The van der Waals surface area contributed by atoms with Crippen molar-refractivity contribution in [2.45, 2.75) is 45.4 Å². The molecule has 13 rings (SSSR count). The fourth-order valence-corrected chi connectivity index (χ4v) is 11.5. The van der Waals surface area contributed by atoms with Gasteiger partial charge in [-0.15, -0.1) is 0 Å². The molecule has 0 fully saturated rings. The van der Waals surface area contributed by atoms with Crippen LogP contribution in [0.15, 0.2) is 121 Å². The molecule has 4 heterocycles. The van der Waals surface area contributed by atoms with Gasteiger partial charge in [0, 0.05) is 33.6 Å². The van der Waals surface area contributed by atoms with E-state index in [1.54, 1.807) is 0 Å². The van der Waals surface area contributed by atoms with Crippen LogP contribution in [0.2, 0.25) is 0 Å². The van der Waals surface area contributed by atoms with Gasteiger partial charge >= 0.3 is 0 Å². The average Bonchev–Trinajstić information content (AvgIpc) is 3.64. The van der Waals surface area contributed by atoms with Gasteiger partial charge < -0.3 is 28.7 Å². The van der Waals surface area contributed by atoms with E-state index in [9.17, 15) is 0 Å². The lowest BCUT2D eigenvalue weighted by atomic mass is 9.33. The summed E-state index contributed by atoms with van der Waals surface area (Å²) >= 11 is 0. The third kappa shape index (κ3) is 4.34. The van der Waals surface area contributed by atoms with E-state index in [0.717, 1.165) is 51.3 Å². The second-order valence-electron chi connectivity index (χ2n) is 18.2. The van der Waals surface area contributed by atoms with Crippen molar-refractivity contribution in [1.29, 1.82) is 0 Å². The van der Waals surface area contributed by atoms with Gasteiger partial charge in [-0.1, -0.05) is 100 Å². The first kappa shape index (κ1) is 34.3. The Balaban J connectivity index is 1.14. The molecule has 0 bridgehead atoms. The lowest BCUT2D eigenvalue weighted by Crippen LogP contribution is -2.61. The SMILES string of the molecule is Cc1cc2c3c(c1)N(c1cccc4c1OCCO4)c1c(ccc4c1OCCO4)B3c1cc3c(cc1N2c1ccc2c(c1)C(C)(C)c1ccccc1-2)C(C)(C)c1ccccc1-3. The van der Waals surface area contributed by atoms with Crippen molar-refractivity contribution in [2.24, 2.45) is 0 Å². The van der Waals surface area contributed by atoms with Crippen LogP contribution in [0, 0.1) is 6.92 Å². The molecule has 0 N–H and O–H groups in total. The average molecular weight is 783 g/mol. The predicted octanol–water partition coefficient (Wildman–Crippen LogP) is 10.2. The largest absolute Gasteiger partial charge is 0.486 e. The first-order chi connectivity index (χ1) is 29.2. The topological polar surface area (TPSA) is 43.4 Å². The number of fused-ring (bicyclic) bond motifs is 13. The summed E-state index contributed by atoms with van der Waals surface area (Å²) in [6, 6.07) is 45.5. The van der Waals surface area contributed by atoms with Crippen LogP contribution in [-0.4, -0.2) is 33.1 Å². The minimum atomic E-state index is -0.174. The third-order valence-electron chi connectivity index (χ3n) is 14.2. The van der Waals surface area contributed by atoms with E-state index in [-0.39, 0.29) is 17.5 Å². The highest BCUT2D eigenvalue weighted by atomic mass is 16.6. The minimum Gasteiger partial charge on any atom is -0.486 e. The van der Waals surface area contributed by atoms with E-state index in [0.29, 0.717) is 26.4 Å². The van der Waals surface area contributed by atoms with Crippen LogP contribution in [0.5, 0.6) is 23.0 Å². The van der Waals surface area contributed by atoms with Crippen LogP contribution in [0.3, 0.4) is 0 Å². The van der Waals surface area contributed by atoms with Gasteiger partial charge in [0.05, 0.1) is 11.4 Å². The number of aryl methyl sites for hydroxylation is 1. The van der Waals surface area contributed by atoms with E-state index < -0.39 is 0 Å². The lowest BCUT2D eigenvalue weighted by Gasteiger charge is -2.45. The monoisotopic (exact) mass is 782 g/mol. The highest BCUT2D eigenvalue weighted by molar-refractivity contribution is 7.00. The summed E-state index contributed by atoms with van der Waals surface area (Å²) in [4.78, 5) is 4.94. The van der Waals surface area contributed by atoms with Crippen LogP contribution in [0.25, 0.3) is 22.3 Å². The van der Waals surface area contributed by atoms with E-state index in [4.69, 9.17) is 18.9 Å². The molecule has 0 saturated carbocycles. The Labute approximate surface area is 351 Å². The summed E-state index contributed by atoms with van der Waals surface area (Å²) in [7, 11) is 0. The van der Waals surface area contributed by atoms with Crippen molar-refractivity contribution < 1.29 is 18.9 Å². The standard InChI is InChI=1S/C53H43BN2O4/c1-30-25-44-48-45(26-30)56(42-15-10-16-46-50(42)59-23-21-57-46)49-40(19-20-47-51(49)60-24-22-58-47)54(48)41-28-35-33-12-7-9-14-37(33)53(4,5)39(35)29-43(41)55(44)31-17-18-34-32-11-6-8-13-36(32)52(2,3)38(34)27-31/h6-20,25-29H,21-24H2,1-5H3. The molecule has 292 valence electrons. The molecule has 7 aromatic rings. The molecule has 0 unspecified atom stereocenters. The molecule has 0 saturated heterocycles. The van der Waals surface area contributed by atoms with Gasteiger partial charge in [0.1, 0.15) is 26.4 Å². The second kappa shape index (κ2) is 11.8. The fourth-order valence-electron chi connectivity index (χ4n) is 11.5. The summed E-state index contributed by atoms with van der Waals surface area (Å²) in [6.07, 6.45) is 0. The smallest absolute Gasteiger partial charge is 0.252 e. The van der Waals surface area contributed by atoms with Crippen molar-refractivity contribution >= 4 is 57.2 Å². The molecule has 7 heteroatoms. The highest BCUT2D eigenvalue weighted by Gasteiger charge is 2.48. The van der Waals surface area contributed by atoms with Crippen LogP contribution >= 0.6 is 0 Å². The van der Waals surface area contributed by atoms with E-state index in [1.165, 1.54) is 72.3 Å². The number of benzene rings is 7. The number of nitrogens with zero attached hydrogens (tertiary/aromatic N) is 2. The van der Waals surface area contributed by atoms with Gasteiger partial charge in [0.2, 0.25) is 0 Å². The third-order valence-corrected chi connectivity index (χ3v) is 14.2. The molecule has 60 heavy (non-hydrogen) atoms. The van der Waals surface area contributed by atoms with Gasteiger partial charge in [-0.3, -0.25) is 0 Å². The zero-order valence-electron chi connectivity index (χ0n) is 34.5. The molecule has 0 radical (unpaired) electrons. The molecule has 0 amide bonds. The molecule has 7 aromatic carbocycles. The number of rotatable bonds is 2. The molecule has 0 spiro atoms. The Morgan fingerprint density at radius 2 is 1.08 bits per heavy atom. The van der Waals surface area contributed by atoms with Crippen LogP contribution in [-0.2, 0) is 10.8 Å². The predicted molar refractivity (Wildman–Crippen MR) is 242 cm³/mol. The molecule has 0 aromatic heterocycles. The maximum absolute atomic E-state index is 6.67. The van der Waals surface area contributed by atoms with Gasteiger partial charge in [0.15, 0.2) is 23.0 Å². The van der Waals surface area contributed by atoms with E-state index in [2.05, 4.69) is 160 Å². The van der Waals surface area contributed by atoms with Gasteiger partial charge in [0.25, 0.3) is 6.71 Å². The summed E-state index contributed by atoms with van der Waals surface area (Å²) in [6.45, 7) is 13.6. The van der Waals surface area contributed by atoms with Crippen molar-refractivity contribution in [3.8, 4) is 45.3 Å². The number of hydrogen-bond acceptors (Lipinski definition) is 6. The Bertz CT molecular complexity index is 3060. The highest BCUT2D eigenvalue weighted by Crippen LogP contribution is 2.56. The molecule has 2 aliphatic carbocycles. The maximum atomic E-state index is 6.67. The molecule has 0 atom stereocenters. The summed E-state index contributed by atoms with van der Waals surface area (Å²) in [5.41, 5.74) is 21.8. The van der Waals surface area contributed by atoms with Crippen molar-refractivity contribution in [1.82, 2.24) is 0 Å². The van der Waals surface area contributed by atoms with Crippen LogP contribution in [0.4, 0.5) is 34.1 Å². The Morgan fingerprint density at radius 1 is 0.467 bits per heavy atom. The first-order valence-corrected chi connectivity index (χ1v) is 21.3. The normalized spacial score (nSPS) is 17.2. The van der Waals surface area contributed by atoms with Gasteiger partial charge in [-0.2, -0.15) is 0 Å². The quantitative estimate of drug-likeness (QED) is 0.163. The number of hydrogen-bond donors (Lipinski definition) is 0. The summed E-state index contributed by atoms with van der Waals surface area (Å²) < 4.78 is 25.7. The number of ether oxygens (including phenoxy) is 4. The van der Waals surface area contributed by atoms with Crippen molar-refractivity contribution in [3.63, 3.8) is 0 Å². The lowest BCUT2D eigenvalue weighted by molar-refractivity contribution is 0.171. The molecule has 6 aliphatic rings. The Kier molecular flexibility index (Phi) is 6.73. The Morgan fingerprint density at radius 3 is 1.83 bits per heavy atom. The minimum absolute atomic E-state index is 0.100. The Hall–Kier alpha value is -6.60. The second-order valence-corrected chi connectivity index (χ2v) is 18.2. The summed E-state index contributed by atoms with van der Waals surface area (Å²) in [5.74, 6) is 3.01. The first-order valence-electron chi connectivity index (χ1n) is 21.3. The zero-order chi connectivity index (χ0) is 40.2.